The summed E-state index contributed by atoms with van der Waals surface area (Å²) in [4.78, 5) is 0. The van der Waals surface area contributed by atoms with Gasteiger partial charge < -0.3 is 4.42 Å². The number of rotatable bonds is 6. The first-order valence-corrected chi connectivity index (χ1v) is 7.94. The highest BCUT2D eigenvalue weighted by Crippen LogP contribution is 2.34. The van der Waals surface area contributed by atoms with Crippen molar-refractivity contribution in [3.8, 4) is 0 Å². The Balaban J connectivity index is 2.88. The highest BCUT2D eigenvalue weighted by Gasteiger charge is 2.26. The van der Waals surface area contributed by atoms with Gasteiger partial charge in [0.05, 0.1) is 0 Å². The van der Waals surface area contributed by atoms with Gasteiger partial charge in [-0.25, -0.2) is 0 Å². The SMILES string of the molecule is C=CC(C)(CCC=C(C)C)Cc1oc(C(C)(C)C)cc1C. The summed E-state index contributed by atoms with van der Waals surface area (Å²) in [6.45, 7) is 19.3. The maximum atomic E-state index is 6.14. The zero-order chi connectivity index (χ0) is 16.3. The molecule has 1 nitrogen and oxygen atoms in total. The Bertz CT molecular complexity index is 506. The second-order valence-electron chi connectivity index (χ2n) is 7.82. The van der Waals surface area contributed by atoms with Crippen LogP contribution in [0.5, 0.6) is 0 Å². The van der Waals surface area contributed by atoms with E-state index in [1.807, 2.05) is 0 Å². The van der Waals surface area contributed by atoms with Crippen molar-refractivity contribution in [1.29, 1.82) is 0 Å². The zero-order valence-corrected chi connectivity index (χ0v) is 15.0. The molecule has 118 valence electrons. The van der Waals surface area contributed by atoms with Gasteiger partial charge in [-0.2, -0.15) is 0 Å². The lowest BCUT2D eigenvalue weighted by molar-refractivity contribution is 0.325. The van der Waals surface area contributed by atoms with E-state index >= 15 is 0 Å². The normalized spacial score (nSPS) is 14.6. The zero-order valence-electron chi connectivity index (χ0n) is 15.0. The van der Waals surface area contributed by atoms with Crippen LogP contribution in [0, 0.1) is 12.3 Å². The van der Waals surface area contributed by atoms with E-state index in [0.29, 0.717) is 0 Å². The molecule has 0 N–H and O–H groups in total. The van der Waals surface area contributed by atoms with Crippen LogP contribution in [0.15, 0.2) is 34.8 Å². The Morgan fingerprint density at radius 1 is 1.24 bits per heavy atom. The lowest BCUT2D eigenvalue weighted by atomic mass is 9.80. The van der Waals surface area contributed by atoms with Gasteiger partial charge in [-0.15, -0.1) is 6.58 Å². The van der Waals surface area contributed by atoms with E-state index in [0.717, 1.165) is 30.8 Å². The molecule has 1 heteroatoms. The average molecular weight is 288 g/mol. The predicted molar refractivity (Wildman–Crippen MR) is 92.8 cm³/mol. The first-order chi connectivity index (χ1) is 9.57. The summed E-state index contributed by atoms with van der Waals surface area (Å²) in [5, 5.41) is 0. The van der Waals surface area contributed by atoms with Crippen LogP contribution in [-0.2, 0) is 11.8 Å². The lowest BCUT2D eigenvalue weighted by Gasteiger charge is -2.24. The summed E-state index contributed by atoms with van der Waals surface area (Å²) in [6, 6.07) is 2.19. The van der Waals surface area contributed by atoms with Gasteiger partial charge in [0.1, 0.15) is 11.5 Å². The van der Waals surface area contributed by atoms with Crippen molar-refractivity contribution in [2.45, 2.75) is 73.1 Å². The Morgan fingerprint density at radius 2 is 1.86 bits per heavy atom. The molecule has 1 heterocycles. The largest absolute Gasteiger partial charge is 0.465 e. The van der Waals surface area contributed by atoms with E-state index in [2.05, 4.69) is 73.3 Å². The molecule has 21 heavy (non-hydrogen) atoms. The van der Waals surface area contributed by atoms with E-state index in [9.17, 15) is 0 Å². The molecule has 1 aromatic heterocycles. The first-order valence-electron chi connectivity index (χ1n) is 7.94. The van der Waals surface area contributed by atoms with E-state index < -0.39 is 0 Å². The van der Waals surface area contributed by atoms with Crippen LogP contribution in [0.1, 0.15) is 71.5 Å². The topological polar surface area (TPSA) is 13.1 Å². The first kappa shape index (κ1) is 17.8. The molecule has 0 aliphatic carbocycles. The third-order valence-electron chi connectivity index (χ3n) is 4.09. The molecule has 0 aliphatic heterocycles. The molecule has 1 atom stereocenters. The van der Waals surface area contributed by atoms with Gasteiger partial charge in [-0.05, 0) is 50.7 Å². The van der Waals surface area contributed by atoms with Crippen molar-refractivity contribution in [3.63, 3.8) is 0 Å². The minimum atomic E-state index is 0.0651. The van der Waals surface area contributed by atoms with Crippen LogP contribution in [0.25, 0.3) is 0 Å². The Morgan fingerprint density at radius 3 is 2.29 bits per heavy atom. The fourth-order valence-electron chi connectivity index (χ4n) is 2.38. The van der Waals surface area contributed by atoms with Crippen molar-refractivity contribution in [3.05, 3.63) is 47.5 Å². The molecule has 0 saturated carbocycles. The molecule has 0 amide bonds. The van der Waals surface area contributed by atoms with Crippen LogP contribution >= 0.6 is 0 Å². The van der Waals surface area contributed by atoms with Crippen LogP contribution < -0.4 is 0 Å². The number of hydrogen-bond acceptors (Lipinski definition) is 1. The summed E-state index contributed by atoms with van der Waals surface area (Å²) in [5.41, 5.74) is 2.79. The minimum Gasteiger partial charge on any atom is -0.465 e. The maximum Gasteiger partial charge on any atom is 0.109 e. The maximum absolute atomic E-state index is 6.14. The molecule has 1 unspecified atom stereocenters. The monoisotopic (exact) mass is 288 g/mol. The fraction of sp³-hybridized carbons (Fsp3) is 0.600. The van der Waals surface area contributed by atoms with Gasteiger partial charge in [0.2, 0.25) is 0 Å². The molecule has 1 aromatic rings. The second kappa shape index (κ2) is 6.68. The summed E-state index contributed by atoms with van der Waals surface area (Å²) in [6.07, 6.45) is 7.51. The van der Waals surface area contributed by atoms with Crippen molar-refractivity contribution in [2.24, 2.45) is 5.41 Å². The molecule has 0 aromatic carbocycles. The molecular weight excluding hydrogens is 256 g/mol. The molecule has 1 rings (SSSR count). The number of furan rings is 1. The summed E-state index contributed by atoms with van der Waals surface area (Å²) >= 11 is 0. The van der Waals surface area contributed by atoms with Crippen LogP contribution in [-0.4, -0.2) is 0 Å². The van der Waals surface area contributed by atoms with Crippen LogP contribution in [0.2, 0.25) is 0 Å². The molecule has 0 fully saturated rings. The number of allylic oxidation sites excluding steroid dienone is 3. The average Bonchev–Trinajstić information content (AvgIpc) is 2.70. The van der Waals surface area contributed by atoms with Crippen molar-refractivity contribution in [2.75, 3.05) is 0 Å². The van der Waals surface area contributed by atoms with Gasteiger partial charge >= 0.3 is 0 Å². The molecule has 0 aliphatic rings. The van der Waals surface area contributed by atoms with Crippen molar-refractivity contribution >= 4 is 0 Å². The van der Waals surface area contributed by atoms with Crippen molar-refractivity contribution < 1.29 is 4.42 Å². The highest BCUT2D eigenvalue weighted by molar-refractivity contribution is 5.25. The van der Waals surface area contributed by atoms with E-state index in [-0.39, 0.29) is 10.8 Å². The predicted octanol–water partition coefficient (Wildman–Crippen LogP) is 6.37. The third kappa shape index (κ3) is 5.22. The summed E-state index contributed by atoms with van der Waals surface area (Å²) < 4.78 is 6.14. The lowest BCUT2D eigenvalue weighted by Crippen LogP contribution is -2.16. The molecule has 0 spiro atoms. The van der Waals surface area contributed by atoms with Gasteiger partial charge in [-0.1, -0.05) is 45.4 Å². The molecule has 0 radical (unpaired) electrons. The van der Waals surface area contributed by atoms with Crippen LogP contribution in [0.4, 0.5) is 0 Å². The summed E-state index contributed by atoms with van der Waals surface area (Å²) in [7, 11) is 0. The molecule has 0 saturated heterocycles. The smallest absolute Gasteiger partial charge is 0.109 e. The second-order valence-corrected chi connectivity index (χ2v) is 7.82. The number of hydrogen-bond donors (Lipinski definition) is 0. The Hall–Kier alpha value is -1.24. The quantitative estimate of drug-likeness (QED) is 0.554. The molecular formula is C20H32O. The third-order valence-corrected chi connectivity index (χ3v) is 4.09. The summed E-state index contributed by atoms with van der Waals surface area (Å²) in [5.74, 6) is 2.19. The standard InChI is InChI=1S/C20H32O/c1-9-20(8,12-10-11-15(2)3)14-17-16(4)13-18(21-17)19(5,6)7/h9,11,13H,1,10,12,14H2,2-8H3. The van der Waals surface area contributed by atoms with Gasteiger partial charge in [-0.3, -0.25) is 0 Å². The minimum absolute atomic E-state index is 0.0651. The molecule has 0 bridgehead atoms. The Labute approximate surface area is 131 Å². The highest BCUT2D eigenvalue weighted by atomic mass is 16.3. The fourth-order valence-corrected chi connectivity index (χ4v) is 2.38. The van der Waals surface area contributed by atoms with Gasteiger partial charge in [0, 0.05) is 11.8 Å². The van der Waals surface area contributed by atoms with E-state index in [4.69, 9.17) is 4.42 Å². The van der Waals surface area contributed by atoms with Gasteiger partial charge in [0.15, 0.2) is 0 Å². The van der Waals surface area contributed by atoms with Gasteiger partial charge in [0.25, 0.3) is 0 Å². The number of aryl methyl sites for hydroxylation is 1. The van der Waals surface area contributed by atoms with E-state index in [1.165, 1.54) is 11.1 Å². The van der Waals surface area contributed by atoms with Crippen LogP contribution in [0.3, 0.4) is 0 Å². The Kier molecular flexibility index (Phi) is 5.67. The van der Waals surface area contributed by atoms with Crippen molar-refractivity contribution in [1.82, 2.24) is 0 Å². The van der Waals surface area contributed by atoms with E-state index in [1.54, 1.807) is 0 Å².